The van der Waals surface area contributed by atoms with Crippen molar-refractivity contribution in [3.05, 3.63) is 66.0 Å². The average Bonchev–Trinajstić information content (AvgIpc) is 2.56. The standard InChI is InChI=1S/C18H20FNO3/c1-14(15-7-9-16(19)10-8-15)13-18(21)20-23-12-11-22-17-5-3-2-4-6-17/h2-10,14H,11-13H2,1H3,(H,20,21). The summed E-state index contributed by atoms with van der Waals surface area (Å²) in [4.78, 5) is 16.9. The molecule has 4 nitrogen and oxygen atoms in total. The summed E-state index contributed by atoms with van der Waals surface area (Å²) in [6.45, 7) is 2.51. The van der Waals surface area contributed by atoms with Crippen LogP contribution in [-0.2, 0) is 9.63 Å². The summed E-state index contributed by atoms with van der Waals surface area (Å²) in [5.41, 5.74) is 3.30. The minimum absolute atomic E-state index is 0.0141. The van der Waals surface area contributed by atoms with E-state index in [4.69, 9.17) is 9.57 Å². The first-order chi connectivity index (χ1) is 11.1. The number of hydrogen-bond acceptors (Lipinski definition) is 3. The SMILES string of the molecule is CC(CC(=O)NOCCOc1ccccc1)c1ccc(F)cc1. The zero-order valence-electron chi connectivity index (χ0n) is 13.0. The van der Waals surface area contributed by atoms with Gasteiger partial charge in [-0.3, -0.25) is 9.63 Å². The molecule has 0 aliphatic heterocycles. The quantitative estimate of drug-likeness (QED) is 0.599. The number of carbonyl (C=O) groups is 1. The number of nitrogens with one attached hydrogen (secondary N) is 1. The number of hydroxylamine groups is 1. The first-order valence-corrected chi connectivity index (χ1v) is 7.49. The Morgan fingerprint density at radius 2 is 1.78 bits per heavy atom. The van der Waals surface area contributed by atoms with Crippen molar-refractivity contribution in [2.24, 2.45) is 0 Å². The first-order valence-electron chi connectivity index (χ1n) is 7.49. The van der Waals surface area contributed by atoms with E-state index in [2.05, 4.69) is 5.48 Å². The fourth-order valence-corrected chi connectivity index (χ4v) is 2.08. The highest BCUT2D eigenvalue weighted by Gasteiger charge is 2.11. The van der Waals surface area contributed by atoms with Gasteiger partial charge in [0.15, 0.2) is 0 Å². The van der Waals surface area contributed by atoms with Gasteiger partial charge in [-0.2, -0.15) is 0 Å². The largest absolute Gasteiger partial charge is 0.491 e. The van der Waals surface area contributed by atoms with E-state index in [9.17, 15) is 9.18 Å². The molecule has 0 spiro atoms. The van der Waals surface area contributed by atoms with Crippen molar-refractivity contribution < 1.29 is 18.8 Å². The first kappa shape index (κ1) is 17.0. The zero-order chi connectivity index (χ0) is 16.5. The average molecular weight is 317 g/mol. The summed E-state index contributed by atoms with van der Waals surface area (Å²) in [5, 5.41) is 0. The minimum atomic E-state index is -0.285. The number of hydrogen-bond donors (Lipinski definition) is 1. The maximum absolute atomic E-state index is 12.9. The number of amides is 1. The van der Waals surface area contributed by atoms with Gasteiger partial charge < -0.3 is 4.74 Å². The topological polar surface area (TPSA) is 47.6 Å². The molecule has 1 atom stereocenters. The molecule has 23 heavy (non-hydrogen) atoms. The number of rotatable bonds is 8. The van der Waals surface area contributed by atoms with Crippen molar-refractivity contribution in [1.29, 1.82) is 0 Å². The molecule has 0 fully saturated rings. The second kappa shape index (κ2) is 8.90. The number of ether oxygens (including phenoxy) is 1. The van der Waals surface area contributed by atoms with Crippen molar-refractivity contribution >= 4 is 5.91 Å². The van der Waals surface area contributed by atoms with Crippen LogP contribution >= 0.6 is 0 Å². The van der Waals surface area contributed by atoms with E-state index >= 15 is 0 Å². The molecule has 0 saturated heterocycles. The molecular weight excluding hydrogens is 297 g/mol. The van der Waals surface area contributed by atoms with Gasteiger partial charge in [0.2, 0.25) is 5.91 Å². The lowest BCUT2D eigenvalue weighted by molar-refractivity contribution is -0.134. The molecule has 0 saturated carbocycles. The molecule has 0 aliphatic carbocycles. The summed E-state index contributed by atoms with van der Waals surface area (Å²) >= 11 is 0. The van der Waals surface area contributed by atoms with Crippen LogP contribution in [0.4, 0.5) is 4.39 Å². The molecule has 1 amide bonds. The summed E-state index contributed by atoms with van der Waals surface area (Å²) in [6.07, 6.45) is 0.269. The molecule has 0 radical (unpaired) electrons. The second-order valence-corrected chi connectivity index (χ2v) is 5.19. The van der Waals surface area contributed by atoms with Gasteiger partial charge in [-0.1, -0.05) is 37.3 Å². The van der Waals surface area contributed by atoms with Gasteiger partial charge in [0.1, 0.15) is 24.8 Å². The number of benzene rings is 2. The van der Waals surface area contributed by atoms with Crippen LogP contribution in [0.25, 0.3) is 0 Å². The van der Waals surface area contributed by atoms with Crippen molar-refractivity contribution in [1.82, 2.24) is 5.48 Å². The summed E-state index contributed by atoms with van der Waals surface area (Å²) in [7, 11) is 0. The predicted molar refractivity (Wildman–Crippen MR) is 85.5 cm³/mol. The van der Waals surface area contributed by atoms with Gasteiger partial charge in [-0.15, -0.1) is 0 Å². The van der Waals surface area contributed by atoms with E-state index in [1.807, 2.05) is 37.3 Å². The molecular formula is C18H20FNO3. The summed E-state index contributed by atoms with van der Waals surface area (Å²) in [5.74, 6) is 0.237. The molecule has 1 unspecified atom stereocenters. The Labute approximate surface area is 135 Å². The Morgan fingerprint density at radius 3 is 2.48 bits per heavy atom. The molecule has 0 heterocycles. The van der Waals surface area contributed by atoms with E-state index in [0.29, 0.717) is 6.61 Å². The van der Waals surface area contributed by atoms with Crippen LogP contribution in [0.1, 0.15) is 24.8 Å². The van der Waals surface area contributed by atoms with Gasteiger partial charge in [0.25, 0.3) is 0 Å². The highest BCUT2D eigenvalue weighted by molar-refractivity contribution is 5.75. The monoisotopic (exact) mass is 317 g/mol. The molecule has 0 aliphatic rings. The van der Waals surface area contributed by atoms with Crippen LogP contribution in [-0.4, -0.2) is 19.1 Å². The number of halogens is 1. The molecule has 122 valence electrons. The van der Waals surface area contributed by atoms with Crippen molar-refractivity contribution in [2.45, 2.75) is 19.3 Å². The van der Waals surface area contributed by atoms with Crippen LogP contribution in [0.2, 0.25) is 0 Å². The minimum Gasteiger partial charge on any atom is -0.491 e. The Bertz CT molecular complexity index is 601. The highest BCUT2D eigenvalue weighted by Crippen LogP contribution is 2.18. The normalized spacial score (nSPS) is 11.7. The van der Waals surface area contributed by atoms with Gasteiger partial charge >= 0.3 is 0 Å². The van der Waals surface area contributed by atoms with Crippen molar-refractivity contribution in [2.75, 3.05) is 13.2 Å². The lowest BCUT2D eigenvalue weighted by Crippen LogP contribution is -2.27. The third-order valence-electron chi connectivity index (χ3n) is 3.31. The molecule has 5 heteroatoms. The smallest absolute Gasteiger partial charge is 0.244 e. The molecule has 0 aromatic heterocycles. The molecule has 0 bridgehead atoms. The lowest BCUT2D eigenvalue weighted by Gasteiger charge is -2.12. The Morgan fingerprint density at radius 1 is 1.09 bits per heavy atom. The maximum Gasteiger partial charge on any atom is 0.244 e. The van der Waals surface area contributed by atoms with E-state index in [1.54, 1.807) is 12.1 Å². The van der Waals surface area contributed by atoms with E-state index < -0.39 is 0 Å². The molecule has 2 aromatic rings. The molecule has 2 rings (SSSR count). The van der Waals surface area contributed by atoms with Crippen molar-refractivity contribution in [3.63, 3.8) is 0 Å². The Balaban J connectivity index is 1.62. The fraction of sp³-hybridized carbons (Fsp3) is 0.278. The Kier molecular flexibility index (Phi) is 6.56. The molecule has 2 aromatic carbocycles. The van der Waals surface area contributed by atoms with Crippen LogP contribution < -0.4 is 10.2 Å². The second-order valence-electron chi connectivity index (χ2n) is 5.19. The van der Waals surface area contributed by atoms with Gasteiger partial charge in [-0.05, 0) is 35.7 Å². The van der Waals surface area contributed by atoms with E-state index in [1.165, 1.54) is 12.1 Å². The predicted octanol–water partition coefficient (Wildman–Crippen LogP) is 3.45. The van der Waals surface area contributed by atoms with E-state index in [-0.39, 0.29) is 30.7 Å². The summed E-state index contributed by atoms with van der Waals surface area (Å²) < 4.78 is 18.3. The van der Waals surface area contributed by atoms with Crippen molar-refractivity contribution in [3.8, 4) is 5.75 Å². The third-order valence-corrected chi connectivity index (χ3v) is 3.31. The zero-order valence-corrected chi connectivity index (χ0v) is 13.0. The van der Waals surface area contributed by atoms with Gasteiger partial charge in [0.05, 0.1) is 0 Å². The van der Waals surface area contributed by atoms with Gasteiger partial charge in [-0.25, -0.2) is 9.87 Å². The van der Waals surface area contributed by atoms with Crippen LogP contribution in [0, 0.1) is 5.82 Å². The third kappa shape index (κ3) is 6.08. The fourth-order valence-electron chi connectivity index (χ4n) is 2.08. The Hall–Kier alpha value is -2.40. The van der Waals surface area contributed by atoms with Crippen LogP contribution in [0.3, 0.4) is 0 Å². The lowest BCUT2D eigenvalue weighted by atomic mass is 9.98. The molecule has 1 N–H and O–H groups in total. The van der Waals surface area contributed by atoms with Gasteiger partial charge in [0, 0.05) is 6.42 Å². The highest BCUT2D eigenvalue weighted by atomic mass is 19.1. The maximum atomic E-state index is 12.9. The van der Waals surface area contributed by atoms with Crippen LogP contribution in [0.5, 0.6) is 5.75 Å². The number of carbonyl (C=O) groups excluding carboxylic acids is 1. The number of para-hydroxylation sites is 1. The van der Waals surface area contributed by atoms with Crippen LogP contribution in [0.15, 0.2) is 54.6 Å². The van der Waals surface area contributed by atoms with E-state index in [0.717, 1.165) is 11.3 Å². The summed E-state index contributed by atoms with van der Waals surface area (Å²) in [6, 6.07) is 15.5.